The average molecular weight is 180 g/mol. The predicted octanol–water partition coefficient (Wildman–Crippen LogP) is 3.49. The van der Waals surface area contributed by atoms with Crippen molar-refractivity contribution < 1.29 is 4.79 Å². The van der Waals surface area contributed by atoms with Gasteiger partial charge in [-0.1, -0.05) is 32.3 Å². The highest BCUT2D eigenvalue weighted by Gasteiger charge is 2.12. The van der Waals surface area contributed by atoms with Gasteiger partial charge in [0.15, 0.2) is 5.78 Å². The average Bonchev–Trinajstić information content (AvgIpc) is 2.14. The summed E-state index contributed by atoms with van der Waals surface area (Å²) >= 11 is 0. The maximum Gasteiger partial charge on any atom is 0.155 e. The van der Waals surface area contributed by atoms with Crippen LogP contribution >= 0.6 is 0 Å². The van der Waals surface area contributed by atoms with E-state index in [0.29, 0.717) is 5.78 Å². The lowest BCUT2D eigenvalue weighted by molar-refractivity contribution is -0.115. The standard InChI is InChI=1S/C12H20O/c1-3-10(4-2)8-11-6-5-7-12(13)9-11/h9-10H,3-8H2,1-2H3. The Morgan fingerprint density at radius 3 is 2.54 bits per heavy atom. The number of carbonyl (C=O) groups is 1. The summed E-state index contributed by atoms with van der Waals surface area (Å²) in [4.78, 5) is 11.2. The second-order valence-corrected chi connectivity index (χ2v) is 4.01. The number of carbonyl (C=O) groups excluding carboxylic acids is 1. The first-order valence-electron chi connectivity index (χ1n) is 5.48. The van der Waals surface area contributed by atoms with Crippen LogP contribution in [0.2, 0.25) is 0 Å². The van der Waals surface area contributed by atoms with Crippen molar-refractivity contribution in [3.8, 4) is 0 Å². The molecule has 1 nitrogen and oxygen atoms in total. The molecule has 0 amide bonds. The highest BCUT2D eigenvalue weighted by molar-refractivity contribution is 5.91. The summed E-state index contributed by atoms with van der Waals surface area (Å²) in [6.45, 7) is 4.47. The van der Waals surface area contributed by atoms with E-state index in [0.717, 1.165) is 31.6 Å². The summed E-state index contributed by atoms with van der Waals surface area (Å²) in [6, 6.07) is 0. The van der Waals surface area contributed by atoms with Gasteiger partial charge in [0.2, 0.25) is 0 Å². The topological polar surface area (TPSA) is 17.1 Å². The Morgan fingerprint density at radius 2 is 2.00 bits per heavy atom. The van der Waals surface area contributed by atoms with Crippen LogP contribution in [-0.2, 0) is 4.79 Å². The molecule has 1 heteroatoms. The molecule has 0 spiro atoms. The second kappa shape index (κ2) is 5.21. The zero-order chi connectivity index (χ0) is 9.68. The molecule has 0 aliphatic heterocycles. The van der Waals surface area contributed by atoms with E-state index in [1.54, 1.807) is 0 Å². The molecule has 0 radical (unpaired) electrons. The molecular weight excluding hydrogens is 160 g/mol. The number of hydrogen-bond donors (Lipinski definition) is 0. The largest absolute Gasteiger partial charge is 0.295 e. The van der Waals surface area contributed by atoms with Crippen molar-refractivity contribution in [2.75, 3.05) is 0 Å². The molecule has 0 aromatic heterocycles. The summed E-state index contributed by atoms with van der Waals surface area (Å²) in [7, 11) is 0. The number of hydrogen-bond acceptors (Lipinski definition) is 1. The summed E-state index contributed by atoms with van der Waals surface area (Å²) < 4.78 is 0. The molecule has 0 heterocycles. The molecule has 1 aliphatic rings. The number of allylic oxidation sites excluding steroid dienone is 2. The molecule has 0 fully saturated rings. The van der Waals surface area contributed by atoms with E-state index < -0.39 is 0 Å². The lowest BCUT2D eigenvalue weighted by Crippen LogP contribution is -2.06. The van der Waals surface area contributed by atoms with Gasteiger partial charge in [-0.15, -0.1) is 0 Å². The first kappa shape index (κ1) is 10.5. The Kier molecular flexibility index (Phi) is 4.20. The van der Waals surface area contributed by atoms with Crippen LogP contribution < -0.4 is 0 Å². The molecule has 0 bridgehead atoms. The first-order chi connectivity index (χ1) is 6.26. The molecule has 0 atom stereocenters. The minimum Gasteiger partial charge on any atom is -0.295 e. The molecular formula is C12H20O. The molecule has 0 aromatic carbocycles. The van der Waals surface area contributed by atoms with E-state index in [4.69, 9.17) is 0 Å². The van der Waals surface area contributed by atoms with Gasteiger partial charge in [0.1, 0.15) is 0 Å². The van der Waals surface area contributed by atoms with Crippen LogP contribution in [0.25, 0.3) is 0 Å². The van der Waals surface area contributed by atoms with Crippen LogP contribution in [0.1, 0.15) is 52.4 Å². The fraction of sp³-hybridized carbons (Fsp3) is 0.750. The molecule has 0 N–H and O–H groups in total. The summed E-state index contributed by atoms with van der Waals surface area (Å²) in [5, 5.41) is 0. The Balaban J connectivity index is 2.47. The summed E-state index contributed by atoms with van der Waals surface area (Å²) in [6.07, 6.45) is 8.52. The molecule has 1 rings (SSSR count). The SMILES string of the molecule is CCC(CC)CC1=CC(=O)CCC1. The minimum atomic E-state index is 0.340. The molecule has 0 unspecified atom stereocenters. The smallest absolute Gasteiger partial charge is 0.155 e. The van der Waals surface area contributed by atoms with E-state index in [1.165, 1.54) is 18.4 Å². The van der Waals surface area contributed by atoms with Crippen LogP contribution in [0.15, 0.2) is 11.6 Å². The molecule has 0 saturated heterocycles. The summed E-state index contributed by atoms with van der Waals surface area (Å²) in [5.41, 5.74) is 1.39. The zero-order valence-electron chi connectivity index (χ0n) is 8.81. The van der Waals surface area contributed by atoms with Crippen molar-refractivity contribution in [3.63, 3.8) is 0 Å². The van der Waals surface area contributed by atoms with Crippen LogP contribution in [0.3, 0.4) is 0 Å². The van der Waals surface area contributed by atoms with E-state index in [2.05, 4.69) is 13.8 Å². The molecule has 1 aliphatic carbocycles. The van der Waals surface area contributed by atoms with Crippen molar-refractivity contribution >= 4 is 5.78 Å². The molecule has 0 aromatic rings. The highest BCUT2D eigenvalue weighted by atomic mass is 16.1. The third-order valence-corrected chi connectivity index (χ3v) is 2.99. The van der Waals surface area contributed by atoms with Gasteiger partial charge in [-0.25, -0.2) is 0 Å². The fourth-order valence-corrected chi connectivity index (χ4v) is 1.97. The van der Waals surface area contributed by atoms with E-state index in [1.807, 2.05) is 6.08 Å². The molecule has 74 valence electrons. The van der Waals surface area contributed by atoms with Gasteiger partial charge in [-0.05, 0) is 31.3 Å². The highest BCUT2D eigenvalue weighted by Crippen LogP contribution is 2.25. The number of rotatable bonds is 4. The molecule has 0 saturated carbocycles. The summed E-state index contributed by atoms with van der Waals surface area (Å²) in [5.74, 6) is 1.13. The lowest BCUT2D eigenvalue weighted by atomic mass is 9.88. The van der Waals surface area contributed by atoms with Gasteiger partial charge in [-0.2, -0.15) is 0 Å². The maximum atomic E-state index is 11.2. The third kappa shape index (κ3) is 3.33. The van der Waals surface area contributed by atoms with Crippen molar-refractivity contribution in [2.24, 2.45) is 5.92 Å². The van der Waals surface area contributed by atoms with Gasteiger partial charge in [0, 0.05) is 6.42 Å². The van der Waals surface area contributed by atoms with Gasteiger partial charge in [-0.3, -0.25) is 4.79 Å². The Bertz CT molecular complexity index is 199. The third-order valence-electron chi connectivity index (χ3n) is 2.99. The van der Waals surface area contributed by atoms with Crippen molar-refractivity contribution in [2.45, 2.75) is 52.4 Å². The van der Waals surface area contributed by atoms with Gasteiger partial charge < -0.3 is 0 Å². The normalized spacial score (nSPS) is 17.8. The minimum absolute atomic E-state index is 0.340. The van der Waals surface area contributed by atoms with E-state index in [-0.39, 0.29) is 0 Å². The van der Waals surface area contributed by atoms with E-state index in [9.17, 15) is 4.79 Å². The predicted molar refractivity (Wildman–Crippen MR) is 55.6 cm³/mol. The van der Waals surface area contributed by atoms with Crippen LogP contribution in [-0.4, -0.2) is 5.78 Å². The first-order valence-corrected chi connectivity index (χ1v) is 5.48. The van der Waals surface area contributed by atoms with E-state index >= 15 is 0 Å². The molecule has 13 heavy (non-hydrogen) atoms. The van der Waals surface area contributed by atoms with Crippen LogP contribution in [0.5, 0.6) is 0 Å². The van der Waals surface area contributed by atoms with Gasteiger partial charge >= 0.3 is 0 Å². The fourth-order valence-electron chi connectivity index (χ4n) is 1.97. The van der Waals surface area contributed by atoms with Gasteiger partial charge in [0.05, 0.1) is 0 Å². The van der Waals surface area contributed by atoms with Crippen molar-refractivity contribution in [1.82, 2.24) is 0 Å². The lowest BCUT2D eigenvalue weighted by Gasteiger charge is -2.17. The second-order valence-electron chi connectivity index (χ2n) is 4.01. The van der Waals surface area contributed by atoms with Crippen molar-refractivity contribution in [3.05, 3.63) is 11.6 Å². The van der Waals surface area contributed by atoms with Crippen LogP contribution in [0, 0.1) is 5.92 Å². The van der Waals surface area contributed by atoms with Crippen LogP contribution in [0.4, 0.5) is 0 Å². The number of ketones is 1. The van der Waals surface area contributed by atoms with Crippen molar-refractivity contribution in [1.29, 1.82) is 0 Å². The monoisotopic (exact) mass is 180 g/mol. The quantitative estimate of drug-likeness (QED) is 0.647. The zero-order valence-corrected chi connectivity index (χ0v) is 8.81. The Labute approximate surface area is 81.2 Å². The Hall–Kier alpha value is -0.590. The Morgan fingerprint density at radius 1 is 1.31 bits per heavy atom. The van der Waals surface area contributed by atoms with Gasteiger partial charge in [0.25, 0.3) is 0 Å². The maximum absolute atomic E-state index is 11.2.